The molecule has 0 saturated carbocycles. The number of aryl methyl sites for hydroxylation is 1. The van der Waals surface area contributed by atoms with Crippen LogP contribution in [0.2, 0.25) is 0 Å². The molecule has 1 heterocycles. The first-order valence-corrected chi connectivity index (χ1v) is 6.36. The average molecular weight is 245 g/mol. The van der Waals surface area contributed by atoms with Crippen molar-refractivity contribution in [1.29, 1.82) is 0 Å². The van der Waals surface area contributed by atoms with E-state index in [9.17, 15) is 4.79 Å². The Morgan fingerprint density at radius 2 is 1.94 bits per heavy atom. The van der Waals surface area contributed by atoms with Crippen molar-refractivity contribution in [3.05, 3.63) is 36.1 Å². The lowest BCUT2D eigenvalue weighted by molar-refractivity contribution is 0.268. The van der Waals surface area contributed by atoms with Crippen LogP contribution >= 0.6 is 0 Å². The molecule has 2 aromatic rings. The molecule has 1 aromatic heterocycles. The fraction of sp³-hybridized carbons (Fsp3) is 0.400. The van der Waals surface area contributed by atoms with Crippen LogP contribution in [0, 0.1) is 0 Å². The van der Waals surface area contributed by atoms with Gasteiger partial charge in [0.05, 0.1) is 6.61 Å². The summed E-state index contributed by atoms with van der Waals surface area (Å²) in [6.45, 7) is 1.91. The largest absolute Gasteiger partial charge is 0.461 e. The normalized spacial score (nSPS) is 10.7. The van der Waals surface area contributed by atoms with Gasteiger partial charge in [-0.05, 0) is 25.0 Å². The van der Waals surface area contributed by atoms with Gasteiger partial charge in [0.1, 0.15) is 11.3 Å². The van der Waals surface area contributed by atoms with E-state index in [0.717, 1.165) is 43.4 Å². The summed E-state index contributed by atoms with van der Waals surface area (Å²) in [6.07, 6.45) is 5.18. The Morgan fingerprint density at radius 1 is 1.11 bits per heavy atom. The fourth-order valence-electron chi connectivity index (χ4n) is 2.03. The zero-order chi connectivity index (χ0) is 12.6. The van der Waals surface area contributed by atoms with Crippen LogP contribution in [0.25, 0.3) is 11.0 Å². The van der Waals surface area contributed by atoms with E-state index in [-0.39, 0.29) is 0 Å². The Balaban J connectivity index is 1.68. The number of hydrogen-bond donors (Lipinski definition) is 0. The molecular weight excluding hydrogens is 228 g/mol. The molecule has 0 bridgehead atoms. The zero-order valence-electron chi connectivity index (χ0n) is 10.4. The lowest BCUT2D eigenvalue weighted by Crippen LogP contribution is -1.91. The van der Waals surface area contributed by atoms with Gasteiger partial charge in [-0.25, -0.2) is 4.79 Å². The number of rotatable bonds is 8. The predicted molar refractivity (Wildman–Crippen MR) is 70.0 cm³/mol. The number of fused-ring (bicyclic) bond motifs is 1. The van der Waals surface area contributed by atoms with Gasteiger partial charge in [0.15, 0.2) is 0 Å². The molecule has 0 saturated heterocycles. The van der Waals surface area contributed by atoms with Crippen molar-refractivity contribution in [3.8, 4) is 0 Å². The van der Waals surface area contributed by atoms with Crippen LogP contribution in [0.3, 0.4) is 0 Å². The third-order valence-electron chi connectivity index (χ3n) is 2.96. The van der Waals surface area contributed by atoms with Gasteiger partial charge in [-0.15, -0.1) is 0 Å². The second kappa shape index (κ2) is 6.84. The van der Waals surface area contributed by atoms with Gasteiger partial charge in [-0.3, -0.25) is 0 Å². The van der Waals surface area contributed by atoms with Gasteiger partial charge in [0, 0.05) is 11.8 Å². The summed E-state index contributed by atoms with van der Waals surface area (Å²) in [4.78, 5) is 9.80. The molecule has 1 aromatic carbocycles. The van der Waals surface area contributed by atoms with Crippen LogP contribution in [0.15, 0.2) is 34.7 Å². The number of benzene rings is 1. The van der Waals surface area contributed by atoms with Gasteiger partial charge in [-0.1, -0.05) is 31.0 Å². The molecule has 3 heteroatoms. The van der Waals surface area contributed by atoms with Crippen molar-refractivity contribution in [2.45, 2.75) is 32.1 Å². The summed E-state index contributed by atoms with van der Waals surface area (Å²) >= 11 is 0. The minimum atomic E-state index is 0.480. The monoisotopic (exact) mass is 245 g/mol. The fourth-order valence-corrected chi connectivity index (χ4v) is 2.03. The van der Waals surface area contributed by atoms with E-state index < -0.39 is 0 Å². The van der Waals surface area contributed by atoms with E-state index in [1.54, 1.807) is 0 Å². The van der Waals surface area contributed by atoms with Gasteiger partial charge in [-0.2, -0.15) is 0 Å². The van der Waals surface area contributed by atoms with E-state index in [1.165, 1.54) is 11.9 Å². The molecule has 0 N–H and O–H groups in total. The molecule has 95 valence electrons. The number of hydrogen-bond acceptors (Lipinski definition) is 3. The number of unbranched alkanes of at least 4 members (excludes halogenated alkanes) is 3. The minimum absolute atomic E-state index is 0.480. The molecule has 0 amide bonds. The predicted octanol–water partition coefficient (Wildman–Crippen LogP) is 3.62. The Bertz CT molecular complexity index is 454. The molecule has 18 heavy (non-hydrogen) atoms. The molecule has 2 rings (SSSR count). The molecule has 3 nitrogen and oxygen atoms in total. The third-order valence-corrected chi connectivity index (χ3v) is 2.96. The maximum absolute atomic E-state index is 9.80. The first-order valence-electron chi connectivity index (χ1n) is 6.36. The Kier molecular flexibility index (Phi) is 4.82. The molecule has 0 aliphatic carbocycles. The van der Waals surface area contributed by atoms with Crippen molar-refractivity contribution in [2.24, 2.45) is 0 Å². The Labute approximate surface area is 107 Å². The average Bonchev–Trinajstić information content (AvgIpc) is 2.80. The van der Waals surface area contributed by atoms with Crippen LogP contribution in [-0.4, -0.2) is 13.1 Å². The van der Waals surface area contributed by atoms with Crippen LogP contribution < -0.4 is 0 Å². The Hall–Kier alpha value is -1.77. The van der Waals surface area contributed by atoms with Crippen molar-refractivity contribution in [3.63, 3.8) is 0 Å². The van der Waals surface area contributed by atoms with Crippen molar-refractivity contribution in [1.82, 2.24) is 0 Å². The first kappa shape index (κ1) is 12.7. The lowest BCUT2D eigenvalue weighted by atomic mass is 10.1. The highest BCUT2D eigenvalue weighted by molar-refractivity contribution is 5.77. The summed E-state index contributed by atoms with van der Waals surface area (Å²) in [7, 11) is 0. The molecule has 0 spiro atoms. The zero-order valence-corrected chi connectivity index (χ0v) is 10.4. The van der Waals surface area contributed by atoms with Gasteiger partial charge >= 0.3 is 6.47 Å². The highest BCUT2D eigenvalue weighted by Gasteiger charge is 2.02. The smallest absolute Gasteiger partial charge is 0.417 e. The maximum atomic E-state index is 9.80. The topological polar surface area (TPSA) is 39.4 Å². The summed E-state index contributed by atoms with van der Waals surface area (Å²) in [5.74, 6) is 1.05. The van der Waals surface area contributed by atoms with E-state index in [2.05, 4.69) is 16.9 Å². The number of ether oxygens (including phenoxy) is 1. The Morgan fingerprint density at radius 3 is 2.78 bits per heavy atom. The van der Waals surface area contributed by atoms with Gasteiger partial charge in [0.25, 0.3) is 0 Å². The quantitative estimate of drug-likeness (QED) is 0.667. The van der Waals surface area contributed by atoms with Crippen LogP contribution in [0.5, 0.6) is 0 Å². The highest BCUT2D eigenvalue weighted by Crippen LogP contribution is 2.20. The highest BCUT2D eigenvalue weighted by atomic mass is 16.5. The van der Waals surface area contributed by atoms with Gasteiger partial charge in [0.2, 0.25) is 0 Å². The molecule has 0 unspecified atom stereocenters. The molecular formula is C15H17O3. The van der Waals surface area contributed by atoms with Crippen molar-refractivity contribution < 1.29 is 13.9 Å². The lowest BCUT2D eigenvalue weighted by Gasteiger charge is -1.99. The summed E-state index contributed by atoms with van der Waals surface area (Å²) in [5, 5.41) is 1.17. The van der Waals surface area contributed by atoms with Gasteiger partial charge < -0.3 is 9.15 Å². The molecule has 0 aliphatic heterocycles. The van der Waals surface area contributed by atoms with Crippen LogP contribution in [0.4, 0.5) is 0 Å². The molecule has 0 fully saturated rings. The molecule has 0 atom stereocenters. The summed E-state index contributed by atoms with van der Waals surface area (Å²) < 4.78 is 10.3. The molecule has 1 radical (unpaired) electrons. The minimum Gasteiger partial charge on any atom is -0.461 e. The molecule has 0 aliphatic rings. The third kappa shape index (κ3) is 3.62. The maximum Gasteiger partial charge on any atom is 0.417 e. The number of furan rings is 1. The SMILES string of the molecule is O=[C]OCCCCCCc1cc2ccccc2o1. The van der Waals surface area contributed by atoms with E-state index in [4.69, 9.17) is 4.42 Å². The second-order valence-electron chi connectivity index (χ2n) is 4.35. The van der Waals surface area contributed by atoms with Crippen LogP contribution in [-0.2, 0) is 16.0 Å². The summed E-state index contributed by atoms with van der Waals surface area (Å²) in [6, 6.07) is 10.2. The number of para-hydroxylation sites is 1. The first-order chi connectivity index (χ1) is 8.90. The second-order valence-corrected chi connectivity index (χ2v) is 4.35. The number of carbonyl (C=O) groups excluding carboxylic acids is 1. The standard InChI is InChI=1S/C15H17O3/c16-12-17-10-6-2-1-3-8-14-11-13-7-4-5-9-15(13)18-14/h4-5,7,9,11H,1-3,6,8,10H2. The van der Waals surface area contributed by atoms with Crippen molar-refractivity contribution >= 4 is 17.4 Å². The van der Waals surface area contributed by atoms with E-state index in [1.807, 2.05) is 18.2 Å². The van der Waals surface area contributed by atoms with E-state index in [0.29, 0.717) is 6.61 Å². The van der Waals surface area contributed by atoms with Crippen molar-refractivity contribution in [2.75, 3.05) is 6.61 Å². The van der Waals surface area contributed by atoms with Crippen LogP contribution in [0.1, 0.15) is 31.4 Å². The summed E-state index contributed by atoms with van der Waals surface area (Å²) in [5.41, 5.74) is 0.961. The van der Waals surface area contributed by atoms with E-state index >= 15 is 0 Å².